The van der Waals surface area contributed by atoms with Gasteiger partial charge in [0.2, 0.25) is 0 Å². The van der Waals surface area contributed by atoms with Gasteiger partial charge in [0, 0.05) is 19.3 Å². The van der Waals surface area contributed by atoms with Gasteiger partial charge in [-0.15, -0.1) is 0 Å². The summed E-state index contributed by atoms with van der Waals surface area (Å²) in [7, 11) is 0. The van der Waals surface area contributed by atoms with Gasteiger partial charge in [-0.2, -0.15) is 0 Å². The molecule has 0 heterocycles. The van der Waals surface area contributed by atoms with Crippen molar-refractivity contribution in [3.8, 4) is 0 Å². The third-order valence-electron chi connectivity index (χ3n) is 2.52. The van der Waals surface area contributed by atoms with Gasteiger partial charge >= 0.3 is 0 Å². The van der Waals surface area contributed by atoms with E-state index in [0.717, 1.165) is 5.41 Å². The summed E-state index contributed by atoms with van der Waals surface area (Å²) in [4.78, 5) is 29.4. The number of ketones is 2. The summed E-state index contributed by atoms with van der Waals surface area (Å²) in [6, 6.07) is 0. The van der Waals surface area contributed by atoms with Crippen LogP contribution in [0.15, 0.2) is 0 Å². The van der Waals surface area contributed by atoms with E-state index < -0.39 is 0 Å². The van der Waals surface area contributed by atoms with E-state index in [0.29, 0.717) is 31.3 Å². The fraction of sp³-hybridized carbons (Fsp3) is 0.786. The maximum Gasteiger partial charge on any atom is 0.194 e. The van der Waals surface area contributed by atoms with Gasteiger partial charge in [0.25, 0.3) is 0 Å². The molecule has 0 aromatic carbocycles. The van der Waals surface area contributed by atoms with Gasteiger partial charge in [0.15, 0.2) is 12.1 Å². The third-order valence-corrected chi connectivity index (χ3v) is 2.52. The van der Waals surface area contributed by atoms with Crippen molar-refractivity contribution in [2.75, 3.05) is 0 Å². The number of rotatable bonds is 4. The predicted molar refractivity (Wildman–Crippen MR) is 70.0 cm³/mol. The molecule has 0 aliphatic heterocycles. The van der Waals surface area contributed by atoms with E-state index in [2.05, 4.69) is 13.8 Å². The fourth-order valence-corrected chi connectivity index (χ4v) is 0.583. The van der Waals surface area contributed by atoms with Gasteiger partial charge < -0.3 is 0 Å². The van der Waals surface area contributed by atoms with Crippen LogP contribution in [0.25, 0.3) is 0 Å². The lowest BCUT2D eigenvalue weighted by molar-refractivity contribution is -0.129. The van der Waals surface area contributed by atoms with E-state index in [9.17, 15) is 14.4 Å². The SMILES string of the molecule is CC1(C)CC1.CCC(=O)C=O.CCC(=O)CC. The standard InChI is InChI=1S/C5H10O.C5H10.C4H6O2/c1-3-5(6)4-2;1-5(2)3-4-5;1-2-4(6)3-5/h3-4H2,1-2H3;3-4H2,1-2H3;3H,2H2,1H3. The largest absolute Gasteiger partial charge is 0.300 e. The second-order valence-corrected chi connectivity index (χ2v) is 4.85. The summed E-state index contributed by atoms with van der Waals surface area (Å²) in [5, 5.41) is 0. The van der Waals surface area contributed by atoms with Crippen LogP contribution < -0.4 is 0 Å². The first-order chi connectivity index (χ1) is 7.82. The molecule has 1 rings (SSSR count). The van der Waals surface area contributed by atoms with E-state index >= 15 is 0 Å². The number of carbonyl (C=O) groups excluding carboxylic acids is 3. The molecule has 0 aromatic heterocycles. The van der Waals surface area contributed by atoms with Gasteiger partial charge in [-0.05, 0) is 18.3 Å². The van der Waals surface area contributed by atoms with E-state index in [1.165, 1.54) is 12.8 Å². The lowest BCUT2D eigenvalue weighted by Gasteiger charge is -1.86. The summed E-state index contributed by atoms with van der Waals surface area (Å²) in [6.45, 7) is 10.0. The highest BCUT2D eigenvalue weighted by Crippen LogP contribution is 2.43. The minimum atomic E-state index is -0.338. The van der Waals surface area contributed by atoms with E-state index in [1.54, 1.807) is 6.92 Å². The highest BCUT2D eigenvalue weighted by molar-refractivity contribution is 6.24. The summed E-state index contributed by atoms with van der Waals surface area (Å²) < 4.78 is 0. The molecule has 0 N–H and O–H groups in total. The van der Waals surface area contributed by atoms with Crippen LogP contribution in [-0.2, 0) is 14.4 Å². The summed E-state index contributed by atoms with van der Waals surface area (Å²) >= 11 is 0. The Labute approximate surface area is 105 Å². The fourth-order valence-electron chi connectivity index (χ4n) is 0.583. The van der Waals surface area contributed by atoms with Gasteiger partial charge in [0.05, 0.1) is 0 Å². The number of Topliss-reactive ketones (excluding diaryl/α,β-unsaturated/α-hetero) is 2. The average Bonchev–Trinajstić information content (AvgIpc) is 3.03. The van der Waals surface area contributed by atoms with Crippen molar-refractivity contribution in [2.45, 2.75) is 66.7 Å². The molecule has 0 aromatic rings. The van der Waals surface area contributed by atoms with Crippen molar-refractivity contribution in [1.29, 1.82) is 0 Å². The molecular weight excluding hydrogens is 216 g/mol. The molecule has 100 valence electrons. The predicted octanol–water partition coefficient (Wildman–Crippen LogP) is 3.35. The molecule has 17 heavy (non-hydrogen) atoms. The van der Waals surface area contributed by atoms with Crippen LogP contribution >= 0.6 is 0 Å². The Bertz CT molecular complexity index is 230. The number of aldehydes is 1. The summed E-state index contributed by atoms with van der Waals surface area (Å²) in [6.07, 6.45) is 4.94. The molecule has 3 nitrogen and oxygen atoms in total. The molecule has 0 bridgehead atoms. The van der Waals surface area contributed by atoms with Crippen LogP contribution in [-0.4, -0.2) is 17.9 Å². The van der Waals surface area contributed by atoms with Gasteiger partial charge in [-0.1, -0.05) is 34.6 Å². The van der Waals surface area contributed by atoms with Crippen molar-refractivity contribution in [2.24, 2.45) is 5.41 Å². The zero-order valence-electron chi connectivity index (χ0n) is 11.8. The Morgan fingerprint density at radius 3 is 1.35 bits per heavy atom. The van der Waals surface area contributed by atoms with Crippen LogP contribution in [0.2, 0.25) is 0 Å². The smallest absolute Gasteiger partial charge is 0.194 e. The second-order valence-electron chi connectivity index (χ2n) is 4.85. The van der Waals surface area contributed by atoms with Crippen LogP contribution in [0.5, 0.6) is 0 Å². The topological polar surface area (TPSA) is 51.2 Å². The molecule has 1 aliphatic carbocycles. The molecule has 0 amide bonds. The highest BCUT2D eigenvalue weighted by atomic mass is 16.2. The third kappa shape index (κ3) is 17.6. The number of carbonyl (C=O) groups is 3. The molecule has 0 atom stereocenters. The molecule has 3 heteroatoms. The second kappa shape index (κ2) is 10.2. The first-order valence-corrected chi connectivity index (χ1v) is 6.32. The highest BCUT2D eigenvalue weighted by Gasteiger charge is 2.30. The van der Waals surface area contributed by atoms with E-state index in [4.69, 9.17) is 0 Å². The van der Waals surface area contributed by atoms with Crippen molar-refractivity contribution < 1.29 is 14.4 Å². The Kier molecular flexibility index (Phi) is 11.0. The lowest BCUT2D eigenvalue weighted by Crippen LogP contribution is -1.92. The zero-order valence-corrected chi connectivity index (χ0v) is 11.8. The Morgan fingerprint density at radius 1 is 1.00 bits per heavy atom. The Morgan fingerprint density at radius 2 is 1.35 bits per heavy atom. The maximum absolute atomic E-state index is 10.2. The molecule has 1 fully saturated rings. The summed E-state index contributed by atoms with van der Waals surface area (Å²) in [5.41, 5.74) is 0.750. The van der Waals surface area contributed by atoms with Gasteiger partial charge in [0.1, 0.15) is 5.78 Å². The Hall–Kier alpha value is -0.990. The van der Waals surface area contributed by atoms with Crippen LogP contribution in [0, 0.1) is 5.41 Å². The van der Waals surface area contributed by atoms with Gasteiger partial charge in [-0.3, -0.25) is 14.4 Å². The van der Waals surface area contributed by atoms with Crippen LogP contribution in [0.3, 0.4) is 0 Å². The Balaban J connectivity index is 0. The quantitative estimate of drug-likeness (QED) is 0.561. The number of hydrogen-bond acceptors (Lipinski definition) is 3. The van der Waals surface area contributed by atoms with Crippen LogP contribution in [0.4, 0.5) is 0 Å². The number of hydrogen-bond donors (Lipinski definition) is 0. The first-order valence-electron chi connectivity index (χ1n) is 6.32. The van der Waals surface area contributed by atoms with Crippen LogP contribution in [0.1, 0.15) is 66.7 Å². The lowest BCUT2D eigenvalue weighted by atomic mass is 10.2. The zero-order chi connectivity index (χ0) is 13.9. The minimum Gasteiger partial charge on any atom is -0.300 e. The minimum absolute atomic E-state index is 0.323. The molecule has 0 radical (unpaired) electrons. The molecular formula is C14H26O3. The molecule has 1 saturated carbocycles. The normalized spacial score (nSPS) is 14.4. The van der Waals surface area contributed by atoms with E-state index in [1.807, 2.05) is 13.8 Å². The maximum atomic E-state index is 10.2. The molecule has 0 unspecified atom stereocenters. The van der Waals surface area contributed by atoms with E-state index in [-0.39, 0.29) is 5.78 Å². The first kappa shape index (κ1) is 18.4. The molecule has 0 spiro atoms. The molecule has 1 aliphatic rings. The van der Waals surface area contributed by atoms with Crippen molar-refractivity contribution in [1.82, 2.24) is 0 Å². The van der Waals surface area contributed by atoms with Gasteiger partial charge in [-0.25, -0.2) is 0 Å². The average molecular weight is 242 g/mol. The van der Waals surface area contributed by atoms with Crippen molar-refractivity contribution in [3.63, 3.8) is 0 Å². The molecule has 0 saturated heterocycles. The van der Waals surface area contributed by atoms with Crippen molar-refractivity contribution in [3.05, 3.63) is 0 Å². The van der Waals surface area contributed by atoms with Crippen molar-refractivity contribution >= 4 is 17.9 Å². The monoisotopic (exact) mass is 242 g/mol. The summed E-state index contributed by atoms with van der Waals surface area (Å²) in [5.74, 6) is 0.00463.